The number of fused-ring (bicyclic) bond motifs is 2. The van der Waals surface area contributed by atoms with Gasteiger partial charge in [-0.2, -0.15) is 0 Å². The average molecular weight is 429 g/mol. The van der Waals surface area contributed by atoms with E-state index in [0.717, 1.165) is 16.2 Å². The standard InChI is InChI=1S/C25H19NO4S/c1-14-20(25(28)29-2)21(18-12-13-19(30-18)31-15-8-4-3-5-9-15)22-23(26-14)16-10-6-7-11-17(16)24(22)27/h3-13,21,26H,1-2H3/t21-/m0/s1. The maximum atomic E-state index is 13.4. The van der Waals surface area contributed by atoms with E-state index in [1.54, 1.807) is 6.07 Å². The van der Waals surface area contributed by atoms with Crippen molar-refractivity contribution < 1.29 is 18.7 Å². The van der Waals surface area contributed by atoms with E-state index >= 15 is 0 Å². The van der Waals surface area contributed by atoms with E-state index < -0.39 is 11.9 Å². The average Bonchev–Trinajstić information content (AvgIpc) is 3.36. The van der Waals surface area contributed by atoms with Gasteiger partial charge in [-0.1, -0.05) is 54.2 Å². The van der Waals surface area contributed by atoms with Gasteiger partial charge in [0, 0.05) is 27.3 Å². The Morgan fingerprint density at radius 1 is 1.00 bits per heavy atom. The Morgan fingerprint density at radius 3 is 2.45 bits per heavy atom. The molecule has 0 fully saturated rings. The second-order valence-corrected chi connectivity index (χ2v) is 8.40. The van der Waals surface area contributed by atoms with Gasteiger partial charge in [0.25, 0.3) is 0 Å². The fourth-order valence-corrected chi connectivity index (χ4v) is 4.94. The Bertz CT molecular complexity index is 1270. The summed E-state index contributed by atoms with van der Waals surface area (Å²) < 4.78 is 11.2. The van der Waals surface area contributed by atoms with Gasteiger partial charge in [-0.15, -0.1) is 0 Å². The molecule has 154 valence electrons. The van der Waals surface area contributed by atoms with Crippen LogP contribution in [0.3, 0.4) is 0 Å². The number of hydrogen-bond acceptors (Lipinski definition) is 6. The van der Waals surface area contributed by atoms with Crippen molar-refractivity contribution in [3.05, 3.63) is 100 Å². The molecule has 1 atom stereocenters. The highest BCUT2D eigenvalue weighted by molar-refractivity contribution is 7.99. The Morgan fingerprint density at radius 2 is 1.71 bits per heavy atom. The maximum Gasteiger partial charge on any atom is 0.336 e. The van der Waals surface area contributed by atoms with Crippen molar-refractivity contribution in [1.29, 1.82) is 0 Å². The number of dihydropyridines is 1. The van der Waals surface area contributed by atoms with Gasteiger partial charge in [0.15, 0.2) is 10.9 Å². The van der Waals surface area contributed by atoms with Crippen molar-refractivity contribution >= 4 is 29.2 Å². The summed E-state index contributed by atoms with van der Waals surface area (Å²) in [5, 5.41) is 3.95. The van der Waals surface area contributed by atoms with Gasteiger partial charge in [-0.3, -0.25) is 4.79 Å². The molecular weight excluding hydrogens is 410 g/mol. The minimum absolute atomic E-state index is 0.106. The first-order valence-corrected chi connectivity index (χ1v) is 10.7. The van der Waals surface area contributed by atoms with Crippen molar-refractivity contribution in [2.45, 2.75) is 22.8 Å². The highest BCUT2D eigenvalue weighted by atomic mass is 32.2. The summed E-state index contributed by atoms with van der Waals surface area (Å²) in [5.74, 6) is -0.702. The molecule has 5 rings (SSSR count). The number of ether oxygens (including phenoxy) is 1. The van der Waals surface area contributed by atoms with Gasteiger partial charge < -0.3 is 14.5 Å². The third kappa shape index (κ3) is 3.20. The summed E-state index contributed by atoms with van der Waals surface area (Å²) in [5.41, 5.74) is 3.72. The Hall–Kier alpha value is -3.51. The quantitative estimate of drug-likeness (QED) is 0.577. The van der Waals surface area contributed by atoms with E-state index in [2.05, 4.69) is 5.32 Å². The molecule has 0 radical (unpaired) electrons. The van der Waals surface area contributed by atoms with E-state index in [9.17, 15) is 9.59 Å². The fourth-order valence-electron chi connectivity index (χ4n) is 4.14. The monoisotopic (exact) mass is 429 g/mol. The minimum Gasteiger partial charge on any atom is -0.466 e. The normalized spacial score (nSPS) is 17.4. The van der Waals surface area contributed by atoms with E-state index in [0.29, 0.717) is 33.3 Å². The van der Waals surface area contributed by atoms with Gasteiger partial charge in [-0.25, -0.2) is 4.79 Å². The van der Waals surface area contributed by atoms with Crippen LogP contribution in [-0.2, 0) is 9.53 Å². The lowest BCUT2D eigenvalue weighted by Crippen LogP contribution is -2.28. The van der Waals surface area contributed by atoms with E-state index in [1.807, 2.05) is 67.6 Å². The SMILES string of the molecule is COC(=O)C1=C(C)NC2=C(C(=O)c3ccccc32)[C@H]1c1ccc(Sc2ccccc2)o1. The lowest BCUT2D eigenvalue weighted by Gasteiger charge is -2.27. The number of rotatable bonds is 4. The predicted octanol–water partition coefficient (Wildman–Crippen LogP) is 5.17. The third-order valence-corrected chi connectivity index (χ3v) is 6.43. The van der Waals surface area contributed by atoms with Crippen LogP contribution in [0.5, 0.6) is 0 Å². The number of hydrogen-bond donors (Lipinski definition) is 1. The molecule has 1 aliphatic carbocycles. The summed E-state index contributed by atoms with van der Waals surface area (Å²) in [6.07, 6.45) is 0. The predicted molar refractivity (Wildman–Crippen MR) is 118 cm³/mol. The number of esters is 1. The van der Waals surface area contributed by atoms with Gasteiger partial charge in [-0.05, 0) is 31.2 Å². The lowest BCUT2D eigenvalue weighted by molar-refractivity contribution is -0.136. The van der Waals surface area contributed by atoms with Gasteiger partial charge in [0.2, 0.25) is 0 Å². The first kappa shape index (κ1) is 19.5. The number of furan rings is 1. The zero-order chi connectivity index (χ0) is 21.5. The Kier molecular flexibility index (Phi) is 4.79. The van der Waals surface area contributed by atoms with Crippen LogP contribution in [0.1, 0.15) is 34.5 Å². The van der Waals surface area contributed by atoms with Crippen molar-refractivity contribution in [3.8, 4) is 0 Å². The molecule has 2 aromatic carbocycles. The molecule has 1 aromatic heterocycles. The van der Waals surface area contributed by atoms with E-state index in [1.165, 1.54) is 18.9 Å². The first-order valence-electron chi connectivity index (χ1n) is 9.85. The molecule has 31 heavy (non-hydrogen) atoms. The minimum atomic E-state index is -0.645. The number of methoxy groups -OCH3 is 1. The van der Waals surface area contributed by atoms with Crippen LogP contribution in [0, 0.1) is 0 Å². The summed E-state index contributed by atoms with van der Waals surface area (Å²) in [4.78, 5) is 27.1. The molecule has 0 bridgehead atoms. The van der Waals surface area contributed by atoms with Crippen molar-refractivity contribution in [2.24, 2.45) is 0 Å². The molecule has 3 aromatic rings. The molecule has 1 N–H and O–H groups in total. The highest BCUT2D eigenvalue weighted by Crippen LogP contribution is 2.47. The Balaban J connectivity index is 1.61. The number of allylic oxidation sites excluding steroid dienone is 2. The van der Waals surface area contributed by atoms with E-state index in [4.69, 9.17) is 9.15 Å². The molecule has 2 heterocycles. The molecule has 0 saturated heterocycles. The van der Waals surface area contributed by atoms with Crippen molar-refractivity contribution in [2.75, 3.05) is 7.11 Å². The summed E-state index contributed by atoms with van der Waals surface area (Å²) in [6, 6.07) is 21.0. The maximum absolute atomic E-state index is 13.4. The number of benzene rings is 2. The van der Waals surface area contributed by atoms with Crippen molar-refractivity contribution in [3.63, 3.8) is 0 Å². The molecule has 0 amide bonds. The lowest BCUT2D eigenvalue weighted by atomic mass is 9.83. The molecule has 2 aliphatic rings. The van der Waals surface area contributed by atoms with Gasteiger partial charge in [0.05, 0.1) is 24.3 Å². The van der Waals surface area contributed by atoms with Crippen LogP contribution in [0.2, 0.25) is 0 Å². The fraction of sp³-hybridized carbons (Fsp3) is 0.120. The van der Waals surface area contributed by atoms with Crippen LogP contribution in [0.25, 0.3) is 5.70 Å². The molecule has 0 spiro atoms. The van der Waals surface area contributed by atoms with E-state index in [-0.39, 0.29) is 5.78 Å². The molecule has 1 aliphatic heterocycles. The molecule has 0 unspecified atom stereocenters. The first-order chi connectivity index (χ1) is 15.1. The second-order valence-electron chi connectivity index (χ2n) is 7.32. The van der Waals surface area contributed by atoms with Crippen LogP contribution >= 0.6 is 11.8 Å². The largest absolute Gasteiger partial charge is 0.466 e. The zero-order valence-corrected chi connectivity index (χ0v) is 17.8. The number of nitrogens with one attached hydrogen (secondary N) is 1. The van der Waals surface area contributed by atoms with Crippen LogP contribution in [0.4, 0.5) is 0 Å². The third-order valence-electron chi connectivity index (χ3n) is 5.50. The Labute approximate surface area is 183 Å². The number of carbonyl (C=O) groups is 2. The van der Waals surface area contributed by atoms with Gasteiger partial charge in [0.1, 0.15) is 5.76 Å². The van der Waals surface area contributed by atoms with Crippen LogP contribution in [-0.4, -0.2) is 18.9 Å². The highest BCUT2D eigenvalue weighted by Gasteiger charge is 2.44. The van der Waals surface area contributed by atoms with Gasteiger partial charge >= 0.3 is 5.97 Å². The molecule has 0 saturated carbocycles. The molecule has 6 heteroatoms. The number of ketones is 1. The summed E-state index contributed by atoms with van der Waals surface area (Å²) in [6.45, 7) is 1.82. The molecule has 5 nitrogen and oxygen atoms in total. The van der Waals surface area contributed by atoms with Crippen LogP contribution in [0.15, 0.2) is 98.0 Å². The van der Waals surface area contributed by atoms with Crippen LogP contribution < -0.4 is 5.32 Å². The zero-order valence-electron chi connectivity index (χ0n) is 17.0. The summed E-state index contributed by atoms with van der Waals surface area (Å²) in [7, 11) is 1.34. The topological polar surface area (TPSA) is 68.5 Å². The van der Waals surface area contributed by atoms with Crippen molar-refractivity contribution in [1.82, 2.24) is 5.32 Å². The second kappa shape index (κ2) is 7.63. The number of carbonyl (C=O) groups excluding carboxylic acids is 2. The smallest absolute Gasteiger partial charge is 0.336 e. The molecular formula is C25H19NO4S. The number of Topliss-reactive ketones (excluding diaryl/α,β-unsaturated/α-hetero) is 1. The summed E-state index contributed by atoms with van der Waals surface area (Å²) >= 11 is 1.49.